The molecule has 0 amide bonds. The number of hydrogen-bond acceptors (Lipinski definition) is 4. The van der Waals surface area contributed by atoms with E-state index in [-0.39, 0.29) is 0 Å². The predicted octanol–water partition coefficient (Wildman–Crippen LogP) is 9.36. The molecule has 0 spiro atoms. The van der Waals surface area contributed by atoms with Gasteiger partial charge < -0.3 is 4.42 Å². The van der Waals surface area contributed by atoms with Crippen molar-refractivity contribution >= 4 is 54.5 Å². The molecular weight excluding hydrogens is 516 g/mol. The number of fused-ring (bicyclic) bond motifs is 8. The molecule has 42 heavy (non-hydrogen) atoms. The number of hydrogen-bond donors (Lipinski definition) is 0. The number of nitrogens with zero attached hydrogens (tertiary/aromatic N) is 4. The molecule has 0 N–H and O–H groups in total. The van der Waals surface area contributed by atoms with Crippen LogP contribution >= 0.6 is 0 Å². The Kier molecular flexibility index (Phi) is 4.83. The molecule has 5 nitrogen and oxygen atoms in total. The monoisotopic (exact) mass is 538 g/mol. The van der Waals surface area contributed by atoms with Gasteiger partial charge in [0.1, 0.15) is 11.2 Å². The van der Waals surface area contributed by atoms with Crippen LogP contribution in [0.4, 0.5) is 0 Å². The van der Waals surface area contributed by atoms with Crippen molar-refractivity contribution in [3.8, 4) is 28.7 Å². The average molecular weight is 539 g/mol. The number of benzene rings is 6. The van der Waals surface area contributed by atoms with Gasteiger partial charge in [0.05, 0.1) is 16.6 Å². The molecule has 196 valence electrons. The molecule has 5 heteroatoms. The molecule has 0 aliphatic heterocycles. The van der Waals surface area contributed by atoms with E-state index in [0.717, 1.165) is 65.6 Å². The van der Waals surface area contributed by atoms with Gasteiger partial charge in [-0.15, -0.1) is 0 Å². The van der Waals surface area contributed by atoms with Gasteiger partial charge in [-0.1, -0.05) is 109 Å². The van der Waals surface area contributed by atoms with Crippen molar-refractivity contribution in [1.82, 2.24) is 19.5 Å². The highest BCUT2D eigenvalue weighted by atomic mass is 16.3. The van der Waals surface area contributed by atoms with Gasteiger partial charge in [-0.2, -0.15) is 9.97 Å². The summed E-state index contributed by atoms with van der Waals surface area (Å²) in [5.74, 6) is 1.74. The molecule has 3 aromatic heterocycles. The van der Waals surface area contributed by atoms with Crippen molar-refractivity contribution < 1.29 is 4.42 Å². The molecule has 0 atom stereocenters. The first-order valence-electron chi connectivity index (χ1n) is 14.0. The lowest BCUT2D eigenvalue weighted by Gasteiger charge is -2.11. The normalized spacial score (nSPS) is 11.8. The zero-order valence-electron chi connectivity index (χ0n) is 22.4. The Balaban J connectivity index is 1.37. The van der Waals surface area contributed by atoms with Gasteiger partial charge in [0.15, 0.2) is 11.6 Å². The summed E-state index contributed by atoms with van der Waals surface area (Å²) < 4.78 is 8.79. The fourth-order valence-electron chi connectivity index (χ4n) is 6.14. The van der Waals surface area contributed by atoms with Gasteiger partial charge in [0.2, 0.25) is 5.95 Å². The van der Waals surface area contributed by atoms with E-state index in [4.69, 9.17) is 19.4 Å². The minimum atomic E-state index is 0.565. The predicted molar refractivity (Wildman–Crippen MR) is 170 cm³/mol. The van der Waals surface area contributed by atoms with E-state index < -0.39 is 0 Å². The van der Waals surface area contributed by atoms with Gasteiger partial charge in [-0.3, -0.25) is 4.57 Å². The SMILES string of the molecule is c1ccc(-c2nc(-c3cccc4c3oc3c5ccccc5ccc43)nc(-n3c4ccccc4c4ccccc43)n2)cc1. The molecular formula is C37H22N4O. The molecule has 3 heterocycles. The van der Waals surface area contributed by atoms with E-state index >= 15 is 0 Å². The van der Waals surface area contributed by atoms with Crippen molar-refractivity contribution in [3.63, 3.8) is 0 Å². The maximum Gasteiger partial charge on any atom is 0.238 e. The Hall–Kier alpha value is -5.81. The first kappa shape index (κ1) is 22.9. The molecule has 0 aliphatic rings. The molecule has 0 saturated carbocycles. The van der Waals surface area contributed by atoms with Crippen LogP contribution in [0.15, 0.2) is 138 Å². The molecule has 0 fully saturated rings. The van der Waals surface area contributed by atoms with Crippen LogP contribution in [0.5, 0.6) is 0 Å². The van der Waals surface area contributed by atoms with Crippen LogP contribution in [-0.2, 0) is 0 Å². The lowest BCUT2D eigenvalue weighted by Crippen LogP contribution is -2.06. The summed E-state index contributed by atoms with van der Waals surface area (Å²) in [6, 6.07) is 45.6. The minimum absolute atomic E-state index is 0.565. The van der Waals surface area contributed by atoms with Crippen molar-refractivity contribution in [2.45, 2.75) is 0 Å². The van der Waals surface area contributed by atoms with E-state index in [2.05, 4.69) is 83.4 Å². The Morgan fingerprint density at radius 2 is 1.05 bits per heavy atom. The standard InChI is InChI=1S/C37H22N4O/c1-2-12-24(13-3-1)35-38-36(40-37(39-35)41-31-19-8-6-15-26(31)27-16-7-9-20-32(27)41)30-18-10-17-28-29-22-21-23-11-4-5-14-25(23)33(29)42-34(28)30/h1-22H. The van der Waals surface area contributed by atoms with Crippen LogP contribution in [0.2, 0.25) is 0 Å². The second-order valence-corrected chi connectivity index (χ2v) is 10.5. The molecule has 6 aromatic carbocycles. The molecule has 0 saturated heterocycles. The van der Waals surface area contributed by atoms with Crippen LogP contribution in [0, 0.1) is 0 Å². The highest BCUT2D eigenvalue weighted by molar-refractivity contribution is 6.17. The van der Waals surface area contributed by atoms with Gasteiger partial charge in [-0.05, 0) is 29.7 Å². The first-order chi connectivity index (χ1) is 20.8. The largest absolute Gasteiger partial charge is 0.455 e. The second-order valence-electron chi connectivity index (χ2n) is 10.5. The van der Waals surface area contributed by atoms with Gasteiger partial charge >= 0.3 is 0 Å². The van der Waals surface area contributed by atoms with Crippen LogP contribution < -0.4 is 0 Å². The van der Waals surface area contributed by atoms with Crippen molar-refractivity contribution in [1.29, 1.82) is 0 Å². The summed E-state index contributed by atoms with van der Waals surface area (Å²) in [4.78, 5) is 15.2. The van der Waals surface area contributed by atoms with E-state index in [1.165, 1.54) is 0 Å². The second kappa shape index (κ2) is 8.85. The van der Waals surface area contributed by atoms with Crippen LogP contribution in [-0.4, -0.2) is 19.5 Å². The summed E-state index contributed by atoms with van der Waals surface area (Å²) in [6.45, 7) is 0. The van der Waals surface area contributed by atoms with Gasteiger partial charge in [0.25, 0.3) is 0 Å². The number of furan rings is 1. The van der Waals surface area contributed by atoms with Crippen molar-refractivity contribution in [2.75, 3.05) is 0 Å². The molecule has 9 rings (SSSR count). The van der Waals surface area contributed by atoms with E-state index in [1.807, 2.05) is 54.6 Å². The van der Waals surface area contributed by atoms with E-state index in [1.54, 1.807) is 0 Å². The van der Waals surface area contributed by atoms with Gasteiger partial charge in [0, 0.05) is 32.5 Å². The summed E-state index contributed by atoms with van der Waals surface area (Å²) in [6.07, 6.45) is 0. The third-order valence-electron chi connectivity index (χ3n) is 8.07. The maximum atomic E-state index is 6.66. The Morgan fingerprint density at radius 3 is 1.83 bits per heavy atom. The molecule has 9 aromatic rings. The molecule has 0 radical (unpaired) electrons. The third-order valence-corrected chi connectivity index (χ3v) is 8.07. The highest BCUT2D eigenvalue weighted by Crippen LogP contribution is 2.39. The summed E-state index contributed by atoms with van der Waals surface area (Å²) in [5.41, 5.74) is 5.48. The van der Waals surface area contributed by atoms with Crippen LogP contribution in [0.3, 0.4) is 0 Å². The molecule has 0 unspecified atom stereocenters. The lowest BCUT2D eigenvalue weighted by molar-refractivity contribution is 0.673. The summed E-state index contributed by atoms with van der Waals surface area (Å²) in [7, 11) is 0. The smallest absolute Gasteiger partial charge is 0.238 e. The maximum absolute atomic E-state index is 6.66. The topological polar surface area (TPSA) is 56.7 Å². The Labute approximate surface area is 240 Å². The minimum Gasteiger partial charge on any atom is -0.455 e. The quantitative estimate of drug-likeness (QED) is 0.225. The van der Waals surface area contributed by atoms with E-state index in [9.17, 15) is 0 Å². The van der Waals surface area contributed by atoms with Crippen molar-refractivity contribution in [2.24, 2.45) is 0 Å². The average Bonchev–Trinajstić information content (AvgIpc) is 3.61. The zero-order chi connectivity index (χ0) is 27.6. The summed E-state index contributed by atoms with van der Waals surface area (Å²) in [5, 5.41) is 6.65. The Morgan fingerprint density at radius 1 is 0.429 bits per heavy atom. The summed E-state index contributed by atoms with van der Waals surface area (Å²) >= 11 is 0. The van der Waals surface area contributed by atoms with Crippen molar-refractivity contribution in [3.05, 3.63) is 133 Å². The molecule has 0 bridgehead atoms. The number of para-hydroxylation sites is 3. The number of rotatable bonds is 3. The lowest BCUT2D eigenvalue weighted by atomic mass is 10.0. The number of aromatic nitrogens is 4. The van der Waals surface area contributed by atoms with E-state index in [0.29, 0.717) is 17.6 Å². The van der Waals surface area contributed by atoms with Crippen LogP contribution in [0.1, 0.15) is 0 Å². The Bertz CT molecular complexity index is 2420. The molecule has 0 aliphatic carbocycles. The zero-order valence-corrected chi connectivity index (χ0v) is 22.4. The van der Waals surface area contributed by atoms with Gasteiger partial charge in [-0.25, -0.2) is 4.98 Å². The first-order valence-corrected chi connectivity index (χ1v) is 14.0. The fourth-order valence-corrected chi connectivity index (χ4v) is 6.14. The third kappa shape index (κ3) is 3.34. The highest BCUT2D eigenvalue weighted by Gasteiger charge is 2.20. The van der Waals surface area contributed by atoms with Crippen LogP contribution in [0.25, 0.3) is 83.2 Å². The fraction of sp³-hybridized carbons (Fsp3) is 0.